The Labute approximate surface area is 622 Å². The van der Waals surface area contributed by atoms with Gasteiger partial charge in [0.15, 0.2) is 11.6 Å². The summed E-state index contributed by atoms with van der Waals surface area (Å²) < 4.78 is 75.1. The van der Waals surface area contributed by atoms with Crippen LogP contribution in [0.25, 0.3) is 0 Å². The number of likely N-dealkylation sites (N-methyl/N-ethyl adjacent to an activating group) is 2. The Bertz CT molecular complexity index is 3670. The lowest BCUT2D eigenvalue weighted by Gasteiger charge is -2.31. The number of carboxylic acids is 1. The molecule has 5 fully saturated rings. The summed E-state index contributed by atoms with van der Waals surface area (Å²) in [5.74, 6) is -9.48. The van der Waals surface area contributed by atoms with Gasteiger partial charge < -0.3 is 87.2 Å². The van der Waals surface area contributed by atoms with Gasteiger partial charge in [0.25, 0.3) is 17.7 Å². The summed E-state index contributed by atoms with van der Waals surface area (Å²) in [5.41, 5.74) is 7.10. The molecular weight excluding hydrogens is 1400 g/mol. The van der Waals surface area contributed by atoms with Crippen LogP contribution in [0.3, 0.4) is 0 Å². The highest BCUT2D eigenvalue weighted by Crippen LogP contribution is 2.42. The Morgan fingerprint density at radius 3 is 1.41 bits per heavy atom. The molecule has 2 saturated carbocycles. The molecule has 0 atom stereocenters. The predicted molar refractivity (Wildman–Crippen MR) is 398 cm³/mol. The van der Waals surface area contributed by atoms with Gasteiger partial charge in [-0.2, -0.15) is 27.5 Å². The maximum Gasteiger partial charge on any atom is 0.407 e. The molecule has 5 aliphatic heterocycles. The average molecular weight is 1510 g/mol. The molecule has 0 radical (unpaired) electrons. The molecule has 2 aliphatic carbocycles. The zero-order valence-corrected chi connectivity index (χ0v) is 63.2. The molecule has 11 rings (SSSR count). The summed E-state index contributed by atoms with van der Waals surface area (Å²) in [6.07, 6.45) is 15.1. The number of likely N-dealkylation sites (tertiary alicyclic amines) is 2. The van der Waals surface area contributed by atoms with Crippen LogP contribution in [-0.4, -0.2) is 245 Å². The zero-order chi connectivity index (χ0) is 78.3. The van der Waals surface area contributed by atoms with Gasteiger partial charge >= 0.3 is 23.9 Å². The number of methoxy groups -OCH3 is 2. The number of piperidine rings is 3. The first-order chi connectivity index (χ1) is 50.8. The number of hydrogen-bond donors (Lipinski definition) is 10. The number of ether oxygens (including phenoxy) is 3. The van der Waals surface area contributed by atoms with Crippen LogP contribution >= 0.6 is 0 Å². The molecule has 7 aliphatic rings. The number of aromatic carboxylic acids is 1. The smallest absolute Gasteiger partial charge is 0.407 e. The van der Waals surface area contributed by atoms with Crippen molar-refractivity contribution in [2.24, 2.45) is 5.73 Å². The number of fused-ring (bicyclic) bond motifs is 2. The molecule has 590 valence electrons. The summed E-state index contributed by atoms with van der Waals surface area (Å²) in [6, 6.07) is 9.50. The number of halogens is 4. The first-order valence-electron chi connectivity index (χ1n) is 36.4. The number of rotatable bonds is 17. The van der Waals surface area contributed by atoms with E-state index in [0.717, 1.165) is 126 Å². The van der Waals surface area contributed by atoms with Gasteiger partial charge in [0.05, 0.1) is 69.7 Å². The third-order valence-corrected chi connectivity index (χ3v) is 19.2. The van der Waals surface area contributed by atoms with E-state index >= 15 is 0 Å². The average Bonchev–Trinajstić information content (AvgIpc) is 1.64. The van der Waals surface area contributed by atoms with Crippen molar-refractivity contribution >= 4 is 93.8 Å². The van der Waals surface area contributed by atoms with Crippen LogP contribution in [0, 0.1) is 0 Å². The third-order valence-electron chi connectivity index (χ3n) is 19.2. The molecule has 7 amide bonds. The van der Waals surface area contributed by atoms with E-state index in [0.29, 0.717) is 61.3 Å². The third kappa shape index (κ3) is 24.5. The number of carbonyl (C=O) groups excluding carboxylic acids is 7. The predicted octanol–water partition coefficient (Wildman–Crippen LogP) is 6.38. The Morgan fingerprint density at radius 1 is 0.607 bits per heavy atom. The highest BCUT2D eigenvalue weighted by atomic mass is 19.3. The molecule has 2 aromatic heterocycles. The zero-order valence-electron chi connectivity index (χ0n) is 63.2. The molecule has 4 aromatic rings. The number of nitrogens with zero attached hydrogens (tertiary/aromatic N) is 10. The number of nitrogens with one attached hydrogen (secondary N) is 8. The molecule has 0 spiro atoms. The fourth-order valence-corrected chi connectivity index (χ4v) is 13.1. The highest BCUT2D eigenvalue weighted by Gasteiger charge is 2.50. The van der Waals surface area contributed by atoms with Crippen molar-refractivity contribution in [3.8, 4) is 11.5 Å². The maximum atomic E-state index is 14.9. The summed E-state index contributed by atoms with van der Waals surface area (Å²) in [4.78, 5) is 120. The molecule has 31 nitrogen and oxygen atoms in total. The first-order valence-corrected chi connectivity index (χ1v) is 36.4. The van der Waals surface area contributed by atoms with Crippen LogP contribution < -0.4 is 77.3 Å². The van der Waals surface area contributed by atoms with Gasteiger partial charge in [-0.3, -0.25) is 38.6 Å². The van der Waals surface area contributed by atoms with E-state index in [1.807, 2.05) is 27.7 Å². The van der Waals surface area contributed by atoms with Crippen molar-refractivity contribution in [2.45, 2.75) is 172 Å². The normalized spacial score (nSPS) is 18.6. The van der Waals surface area contributed by atoms with Crippen LogP contribution in [0.2, 0.25) is 0 Å². The molecule has 7 heterocycles. The van der Waals surface area contributed by atoms with E-state index in [2.05, 4.69) is 72.3 Å². The Kier molecular flexibility index (Phi) is 31.2. The summed E-state index contributed by atoms with van der Waals surface area (Å²) >= 11 is 0. The van der Waals surface area contributed by atoms with E-state index < -0.39 is 48.3 Å². The first kappa shape index (κ1) is 84.8. The van der Waals surface area contributed by atoms with E-state index in [-0.39, 0.29) is 100 Å². The summed E-state index contributed by atoms with van der Waals surface area (Å²) in [6.45, 7) is 12.1. The van der Waals surface area contributed by atoms with Gasteiger partial charge in [-0.25, -0.2) is 19.6 Å². The highest BCUT2D eigenvalue weighted by molar-refractivity contribution is 6.03. The van der Waals surface area contributed by atoms with Gasteiger partial charge in [0.1, 0.15) is 28.5 Å². The lowest BCUT2D eigenvalue weighted by molar-refractivity contribution is -0.141. The molecule has 0 unspecified atom stereocenters. The van der Waals surface area contributed by atoms with Gasteiger partial charge in [-0.05, 0) is 134 Å². The molecule has 3 saturated heterocycles. The Morgan fingerprint density at radius 2 is 1.02 bits per heavy atom. The largest absolute Gasteiger partial charge is 0.495 e. The van der Waals surface area contributed by atoms with Crippen molar-refractivity contribution < 1.29 is 75.2 Å². The number of hydrogen-bond acceptors (Lipinski definition) is 23. The number of carboxylic acid groups (broad SMARTS) is 1. The second-order valence-corrected chi connectivity index (χ2v) is 28.1. The SMILES string of the molecule is CC(C)(C)OC(=O)NC1CCNCC1.CCC(=O)NC.CNC(=O)CN1CCC(N)CC1.CNC(=O)CN1CCC(NC(=O)c2ccc(Nc3ncc4c(n3)N(C3CCCC3)CC(F)(F)C(=O)N4C)c(OC)c2)CC1.COc1cc(C(=O)O)ccc1Nc1ncc2c(n1)N(C1CCCC1)CC(F)(F)C(=O)N2C. The number of nitrogens with two attached hydrogens (primary N) is 1. The van der Waals surface area contributed by atoms with E-state index in [1.54, 1.807) is 44.2 Å². The van der Waals surface area contributed by atoms with Crippen LogP contribution in [0.5, 0.6) is 11.5 Å². The van der Waals surface area contributed by atoms with Crippen LogP contribution in [0.1, 0.15) is 145 Å². The number of carbonyl (C=O) groups is 8. The van der Waals surface area contributed by atoms with Gasteiger partial charge in [0.2, 0.25) is 29.6 Å². The monoisotopic (exact) mass is 1510 g/mol. The number of alkyl carbamates (subject to hydrolysis) is 1. The fraction of sp³-hybridized carbons (Fsp3) is 0.611. The van der Waals surface area contributed by atoms with Gasteiger partial charge in [-0.15, -0.1) is 0 Å². The van der Waals surface area contributed by atoms with Crippen molar-refractivity contribution in [3.63, 3.8) is 0 Å². The van der Waals surface area contributed by atoms with Gasteiger partial charge in [0, 0.05) is 104 Å². The van der Waals surface area contributed by atoms with Crippen molar-refractivity contribution in [2.75, 3.05) is 145 Å². The lowest BCUT2D eigenvalue weighted by atomic mass is 10.0. The topological polar surface area (TPSA) is 378 Å². The molecule has 11 N–H and O–H groups in total. The number of amides is 7. The minimum absolute atomic E-state index is 0.00888. The van der Waals surface area contributed by atoms with Crippen molar-refractivity contribution in [1.82, 2.24) is 61.6 Å². The van der Waals surface area contributed by atoms with Crippen LogP contribution in [-0.2, 0) is 28.7 Å². The quantitative estimate of drug-likeness (QED) is 0.0513. The minimum atomic E-state index is -3.56. The summed E-state index contributed by atoms with van der Waals surface area (Å²) in [5, 5.41) is 32.1. The second kappa shape index (κ2) is 39.4. The van der Waals surface area contributed by atoms with E-state index in [4.69, 9.17) is 25.1 Å². The Hall–Kier alpha value is -9.48. The summed E-state index contributed by atoms with van der Waals surface area (Å²) in [7, 11) is 10.4. The number of benzene rings is 2. The standard InChI is InChI=1S/C29H38F2N8O4.C21H23F2N5O4.C10H20N2O2.C8H17N3O.C4H9NO/c1-32-24(40)16-38-12-10-19(11-13-38)34-26(41)18-8-9-21(23(14-18)43-3)35-28-33-15-22-25(36-28)39(20-6-4-5-7-20)17-29(30,31)27(42)37(22)2;1-27-15-10-24-20(25-14-8-7-12(18(29)30)9-16(14)32-2)26-17(15)28(13-5-3-4-6-13)11-21(22,23)19(27)31;1-10(2,3)14-9(13)12-8-4-6-11-7-5-8;1-10-8(12)6-11-4-2-7(9)3-5-11;1-3-4(6)5-2/h8-9,14-15,19-20H,4-7,10-13,16-17H2,1-3H3,(H,32,40)(H,34,41)(H,33,35,36);7-10,13H,3-6,11H2,1-2H3,(H,29,30)(H,24,25,26);8,11H,4-7H2,1-3H3,(H,12,13);7H,2-6,9H2,1H3,(H,10,12);3H2,1-2H3,(H,5,6). The van der Waals surface area contributed by atoms with Gasteiger partial charge in [-0.1, -0.05) is 32.6 Å². The lowest BCUT2D eigenvalue weighted by Crippen LogP contribution is -2.48. The maximum absolute atomic E-state index is 14.9. The molecular formula is C72H107F4N19O12. The molecule has 0 bridgehead atoms. The van der Waals surface area contributed by atoms with Crippen LogP contribution in [0.4, 0.5) is 68.6 Å². The molecule has 107 heavy (non-hydrogen) atoms. The number of alkyl halides is 4. The van der Waals surface area contributed by atoms with E-state index in [1.165, 1.54) is 63.8 Å². The minimum Gasteiger partial charge on any atom is -0.495 e. The van der Waals surface area contributed by atoms with Crippen molar-refractivity contribution in [1.29, 1.82) is 0 Å². The number of aromatic nitrogens is 4. The van der Waals surface area contributed by atoms with Crippen molar-refractivity contribution in [3.05, 3.63) is 59.9 Å². The second-order valence-electron chi connectivity index (χ2n) is 28.1. The van der Waals surface area contributed by atoms with Crippen LogP contribution in [0.15, 0.2) is 48.8 Å². The molecule has 35 heteroatoms. The fourth-order valence-electron chi connectivity index (χ4n) is 13.1. The Balaban J connectivity index is 0.000000216. The van der Waals surface area contributed by atoms with E-state index in [9.17, 15) is 55.9 Å². The molecule has 2 aromatic carbocycles. The number of anilines is 8.